The molecular weight excluding hydrogens is 248 g/mol. The third-order valence-electron chi connectivity index (χ3n) is 2.96. The minimum absolute atomic E-state index is 0.396. The van der Waals surface area contributed by atoms with Gasteiger partial charge in [0.1, 0.15) is 11.5 Å². The molecular formula is C17H20N2O. The molecule has 0 saturated carbocycles. The Kier molecular flexibility index (Phi) is 5.00. The predicted molar refractivity (Wildman–Crippen MR) is 81.0 cm³/mol. The van der Waals surface area contributed by atoms with Crippen LogP contribution < -0.4 is 5.73 Å². The summed E-state index contributed by atoms with van der Waals surface area (Å²) in [5.41, 5.74) is 7.62. The quantitative estimate of drug-likeness (QED) is 0.866. The maximum atomic E-state index is 5.58. The van der Waals surface area contributed by atoms with Crippen molar-refractivity contribution in [1.82, 2.24) is 4.90 Å². The van der Waals surface area contributed by atoms with E-state index in [9.17, 15) is 0 Å². The monoisotopic (exact) mass is 268 g/mol. The summed E-state index contributed by atoms with van der Waals surface area (Å²) in [4.78, 5) is 2.22. The van der Waals surface area contributed by atoms with Crippen LogP contribution in [-0.4, -0.2) is 18.5 Å². The molecule has 0 aliphatic heterocycles. The number of hydrogen-bond donors (Lipinski definition) is 1. The van der Waals surface area contributed by atoms with Crippen LogP contribution in [0, 0.1) is 18.8 Å². The van der Waals surface area contributed by atoms with Crippen molar-refractivity contribution in [3.05, 3.63) is 59.0 Å². The molecule has 0 atom stereocenters. The van der Waals surface area contributed by atoms with Crippen LogP contribution in [0.2, 0.25) is 0 Å². The van der Waals surface area contributed by atoms with Crippen molar-refractivity contribution in [3.63, 3.8) is 0 Å². The van der Waals surface area contributed by atoms with E-state index < -0.39 is 0 Å². The van der Waals surface area contributed by atoms with Crippen molar-refractivity contribution >= 4 is 0 Å². The second kappa shape index (κ2) is 6.95. The molecule has 0 saturated heterocycles. The number of aryl methyl sites for hydroxylation is 1. The molecule has 0 radical (unpaired) electrons. The van der Waals surface area contributed by atoms with Crippen LogP contribution in [0.1, 0.15) is 22.6 Å². The van der Waals surface area contributed by atoms with Crippen molar-refractivity contribution in [2.45, 2.75) is 20.0 Å². The Morgan fingerprint density at radius 2 is 1.85 bits per heavy atom. The highest BCUT2D eigenvalue weighted by atomic mass is 16.3. The van der Waals surface area contributed by atoms with Crippen molar-refractivity contribution in [2.75, 3.05) is 13.6 Å². The first-order valence-electron chi connectivity index (χ1n) is 6.69. The third-order valence-corrected chi connectivity index (χ3v) is 2.96. The molecule has 0 unspecified atom stereocenters. The lowest BCUT2D eigenvalue weighted by molar-refractivity contribution is 0.285. The molecule has 0 aliphatic carbocycles. The largest absolute Gasteiger partial charge is 0.465 e. The highest BCUT2D eigenvalue weighted by Gasteiger charge is 2.04. The molecule has 2 aromatic rings. The van der Waals surface area contributed by atoms with Crippen LogP contribution in [0.5, 0.6) is 0 Å². The van der Waals surface area contributed by atoms with E-state index in [-0.39, 0.29) is 0 Å². The number of furan rings is 1. The van der Waals surface area contributed by atoms with Gasteiger partial charge in [0.2, 0.25) is 0 Å². The van der Waals surface area contributed by atoms with Gasteiger partial charge in [-0.05, 0) is 43.8 Å². The SMILES string of the molecule is Cc1ccc(CN(C)Cc2ccc(C#CCN)cc2)o1. The smallest absolute Gasteiger partial charge is 0.118 e. The number of rotatable bonds is 4. The van der Waals surface area contributed by atoms with E-state index in [1.165, 1.54) is 5.56 Å². The summed E-state index contributed by atoms with van der Waals surface area (Å²) in [6.07, 6.45) is 0. The lowest BCUT2D eigenvalue weighted by Crippen LogP contribution is -2.16. The highest BCUT2D eigenvalue weighted by Crippen LogP contribution is 2.11. The summed E-state index contributed by atoms with van der Waals surface area (Å²) in [6, 6.07) is 12.3. The topological polar surface area (TPSA) is 42.4 Å². The first-order valence-corrected chi connectivity index (χ1v) is 6.69. The fraction of sp³-hybridized carbons (Fsp3) is 0.294. The van der Waals surface area contributed by atoms with Crippen LogP contribution in [0.4, 0.5) is 0 Å². The molecule has 1 aromatic heterocycles. The number of hydrogen-bond acceptors (Lipinski definition) is 3. The van der Waals surface area contributed by atoms with Gasteiger partial charge in [-0.3, -0.25) is 4.90 Å². The lowest BCUT2D eigenvalue weighted by Gasteiger charge is -2.15. The van der Waals surface area contributed by atoms with Crippen molar-refractivity contribution in [2.24, 2.45) is 5.73 Å². The Morgan fingerprint density at radius 1 is 1.10 bits per heavy atom. The van der Waals surface area contributed by atoms with Gasteiger partial charge in [-0.15, -0.1) is 0 Å². The van der Waals surface area contributed by atoms with Crippen molar-refractivity contribution < 1.29 is 4.42 Å². The van der Waals surface area contributed by atoms with Crippen molar-refractivity contribution in [1.29, 1.82) is 0 Å². The average Bonchev–Trinajstić information content (AvgIpc) is 2.83. The lowest BCUT2D eigenvalue weighted by atomic mass is 10.1. The Hall–Kier alpha value is -2.02. The van der Waals surface area contributed by atoms with Crippen molar-refractivity contribution in [3.8, 4) is 11.8 Å². The fourth-order valence-electron chi connectivity index (χ4n) is 2.05. The van der Waals surface area contributed by atoms with Gasteiger partial charge in [0.15, 0.2) is 0 Å². The zero-order chi connectivity index (χ0) is 14.4. The van der Waals surface area contributed by atoms with Gasteiger partial charge in [-0.2, -0.15) is 0 Å². The second-order valence-corrected chi connectivity index (χ2v) is 4.89. The summed E-state index contributed by atoms with van der Waals surface area (Å²) in [6.45, 7) is 4.05. The molecule has 0 bridgehead atoms. The van der Waals surface area contributed by atoms with E-state index in [1.54, 1.807) is 0 Å². The standard InChI is InChI=1S/C17H20N2O/c1-14-5-10-17(20-14)13-19(2)12-16-8-6-15(7-9-16)4-3-11-18/h5-10H,11-13,18H2,1-2H3. The molecule has 20 heavy (non-hydrogen) atoms. The molecule has 3 nitrogen and oxygen atoms in total. The van der Waals surface area contributed by atoms with E-state index in [0.29, 0.717) is 6.54 Å². The highest BCUT2D eigenvalue weighted by molar-refractivity contribution is 5.36. The molecule has 2 rings (SSSR count). The summed E-state index contributed by atoms with van der Waals surface area (Å²) >= 11 is 0. The van der Waals surface area contributed by atoms with Gasteiger partial charge in [0.25, 0.3) is 0 Å². The van der Waals surface area contributed by atoms with Crippen LogP contribution in [0.3, 0.4) is 0 Å². The summed E-state index contributed by atoms with van der Waals surface area (Å²) in [5.74, 6) is 7.83. The molecule has 1 aromatic carbocycles. The first-order chi connectivity index (χ1) is 9.67. The molecule has 1 heterocycles. The maximum Gasteiger partial charge on any atom is 0.118 e. The van der Waals surface area contributed by atoms with E-state index in [4.69, 9.17) is 10.2 Å². The van der Waals surface area contributed by atoms with E-state index in [1.807, 2.05) is 31.2 Å². The predicted octanol–water partition coefficient (Wildman–Crippen LogP) is 2.53. The zero-order valence-electron chi connectivity index (χ0n) is 12.0. The summed E-state index contributed by atoms with van der Waals surface area (Å²) < 4.78 is 5.58. The zero-order valence-corrected chi connectivity index (χ0v) is 12.0. The van der Waals surface area contributed by atoms with E-state index in [0.717, 1.165) is 30.2 Å². The number of benzene rings is 1. The Labute approximate surface area is 120 Å². The average molecular weight is 268 g/mol. The van der Waals surface area contributed by atoms with Crippen LogP contribution >= 0.6 is 0 Å². The summed E-state index contributed by atoms with van der Waals surface area (Å²) in [7, 11) is 2.08. The van der Waals surface area contributed by atoms with E-state index >= 15 is 0 Å². The molecule has 0 fully saturated rings. The van der Waals surface area contributed by atoms with Crippen LogP contribution in [-0.2, 0) is 13.1 Å². The fourth-order valence-corrected chi connectivity index (χ4v) is 2.05. The Morgan fingerprint density at radius 3 is 2.45 bits per heavy atom. The van der Waals surface area contributed by atoms with Gasteiger partial charge in [0.05, 0.1) is 13.1 Å². The molecule has 0 spiro atoms. The summed E-state index contributed by atoms with van der Waals surface area (Å²) in [5, 5.41) is 0. The minimum Gasteiger partial charge on any atom is -0.465 e. The third kappa shape index (κ3) is 4.27. The maximum absolute atomic E-state index is 5.58. The number of nitrogens with two attached hydrogens (primary N) is 1. The van der Waals surface area contributed by atoms with Gasteiger partial charge >= 0.3 is 0 Å². The normalized spacial score (nSPS) is 10.4. The van der Waals surface area contributed by atoms with Gasteiger partial charge in [-0.1, -0.05) is 24.0 Å². The van der Waals surface area contributed by atoms with Crippen LogP contribution in [0.25, 0.3) is 0 Å². The van der Waals surface area contributed by atoms with E-state index in [2.05, 4.69) is 35.9 Å². The Balaban J connectivity index is 1.92. The second-order valence-electron chi connectivity index (χ2n) is 4.89. The number of nitrogens with zero attached hydrogens (tertiary/aromatic N) is 1. The molecule has 3 heteroatoms. The molecule has 0 amide bonds. The van der Waals surface area contributed by atoms with Crippen LogP contribution in [0.15, 0.2) is 40.8 Å². The molecule has 2 N–H and O–H groups in total. The van der Waals surface area contributed by atoms with Gasteiger partial charge in [0, 0.05) is 12.1 Å². The van der Waals surface area contributed by atoms with Gasteiger partial charge in [-0.25, -0.2) is 0 Å². The minimum atomic E-state index is 0.396. The Bertz CT molecular complexity index is 602. The van der Waals surface area contributed by atoms with Gasteiger partial charge < -0.3 is 10.2 Å². The molecule has 0 aliphatic rings. The first kappa shape index (κ1) is 14.4. The molecule has 104 valence electrons.